The summed E-state index contributed by atoms with van der Waals surface area (Å²) in [5.74, 6) is -4.21. The second-order valence-corrected chi connectivity index (χ2v) is 7.36. The van der Waals surface area contributed by atoms with Crippen LogP contribution in [0.1, 0.15) is 38.1 Å². The number of rotatable bonds is 9. The molecule has 13 heteroatoms. The van der Waals surface area contributed by atoms with Gasteiger partial charge in [-0.3, -0.25) is 19.2 Å². The average molecular weight is 498 g/mol. The number of hydrogen-bond donors (Lipinski definition) is 1. The van der Waals surface area contributed by atoms with Crippen LogP contribution in [0.5, 0.6) is 11.5 Å². The van der Waals surface area contributed by atoms with E-state index in [9.17, 15) is 29.1 Å². The zero-order valence-corrected chi connectivity index (χ0v) is 19.7. The topological polar surface area (TPSA) is 170 Å². The Morgan fingerprint density at radius 2 is 1.40 bits per heavy atom. The number of esters is 4. The third-order valence-corrected chi connectivity index (χ3v) is 4.60. The normalized spacial score (nSPS) is 23.4. The zero-order valence-electron chi connectivity index (χ0n) is 19.7. The number of hydrogen-bond acceptors (Lipinski definition) is 12. The van der Waals surface area contributed by atoms with Crippen LogP contribution in [0, 0.1) is 0 Å². The summed E-state index contributed by atoms with van der Waals surface area (Å²) in [5.41, 5.74) is -0.0873. The summed E-state index contributed by atoms with van der Waals surface area (Å²) in [7, 11) is 1.28. The third-order valence-electron chi connectivity index (χ3n) is 4.60. The van der Waals surface area contributed by atoms with Crippen molar-refractivity contribution in [1.29, 1.82) is 0 Å². The first kappa shape index (κ1) is 27.4. The highest BCUT2D eigenvalue weighted by atomic mass is 16.7. The maximum Gasteiger partial charge on any atom is 0.335 e. The Kier molecular flexibility index (Phi) is 9.40. The average Bonchev–Trinajstić information content (AvgIpc) is 2.75. The van der Waals surface area contributed by atoms with Crippen LogP contribution in [0.2, 0.25) is 0 Å². The summed E-state index contributed by atoms with van der Waals surface area (Å²) in [6.45, 7) is 4.02. The van der Waals surface area contributed by atoms with Gasteiger partial charge in [-0.25, -0.2) is 4.79 Å². The first-order valence-electron chi connectivity index (χ1n) is 10.3. The number of carboxylic acids is 1. The molecule has 1 saturated heterocycles. The highest BCUT2D eigenvalue weighted by Gasteiger charge is 2.53. The van der Waals surface area contributed by atoms with Crippen molar-refractivity contribution in [2.45, 2.75) is 58.4 Å². The third kappa shape index (κ3) is 7.57. The van der Waals surface area contributed by atoms with Crippen LogP contribution >= 0.6 is 0 Å². The molecule has 1 fully saturated rings. The Hall–Kier alpha value is -3.87. The molecule has 1 aromatic rings. The molecule has 192 valence electrons. The van der Waals surface area contributed by atoms with Gasteiger partial charge < -0.3 is 38.3 Å². The largest absolute Gasteiger partial charge is 0.493 e. The van der Waals surface area contributed by atoms with Crippen molar-refractivity contribution in [3.05, 3.63) is 23.8 Å². The lowest BCUT2D eigenvalue weighted by atomic mass is 9.98. The Balaban J connectivity index is 2.52. The van der Waals surface area contributed by atoms with Gasteiger partial charge in [0, 0.05) is 27.7 Å². The van der Waals surface area contributed by atoms with Gasteiger partial charge in [0.05, 0.1) is 12.7 Å². The van der Waals surface area contributed by atoms with E-state index in [2.05, 4.69) is 0 Å². The Bertz CT molecular complexity index is 972. The summed E-state index contributed by atoms with van der Waals surface area (Å²) >= 11 is 0. The van der Waals surface area contributed by atoms with Crippen molar-refractivity contribution in [1.82, 2.24) is 0 Å². The van der Waals surface area contributed by atoms with Gasteiger partial charge in [-0.2, -0.15) is 0 Å². The number of carbonyl (C=O) groups is 5. The molecule has 2 rings (SSSR count). The molecular formula is C22H26O13. The summed E-state index contributed by atoms with van der Waals surface area (Å²) in [6.07, 6.45) is -6.88. The highest BCUT2D eigenvalue weighted by Crippen LogP contribution is 2.34. The number of benzene rings is 1. The van der Waals surface area contributed by atoms with Gasteiger partial charge in [-0.1, -0.05) is 0 Å². The van der Waals surface area contributed by atoms with Crippen molar-refractivity contribution < 1.29 is 62.2 Å². The molecule has 35 heavy (non-hydrogen) atoms. The zero-order chi connectivity index (χ0) is 26.3. The van der Waals surface area contributed by atoms with Crippen LogP contribution < -0.4 is 9.47 Å². The van der Waals surface area contributed by atoms with E-state index in [0.29, 0.717) is 0 Å². The van der Waals surface area contributed by atoms with Crippen LogP contribution in [0.4, 0.5) is 0 Å². The van der Waals surface area contributed by atoms with E-state index in [-0.39, 0.29) is 17.1 Å². The van der Waals surface area contributed by atoms with Crippen molar-refractivity contribution >= 4 is 29.8 Å². The van der Waals surface area contributed by atoms with Crippen LogP contribution in [-0.4, -0.2) is 79.4 Å². The van der Waals surface area contributed by atoms with E-state index in [1.54, 1.807) is 0 Å². The molecule has 0 amide bonds. The van der Waals surface area contributed by atoms with Crippen molar-refractivity contribution in [3.8, 4) is 11.5 Å². The van der Waals surface area contributed by atoms with Gasteiger partial charge >= 0.3 is 29.8 Å². The van der Waals surface area contributed by atoms with E-state index in [4.69, 9.17) is 33.2 Å². The molecule has 0 aliphatic carbocycles. The van der Waals surface area contributed by atoms with Gasteiger partial charge in [-0.15, -0.1) is 0 Å². The summed E-state index contributed by atoms with van der Waals surface area (Å²) < 4.78 is 37.8. The predicted molar refractivity (Wildman–Crippen MR) is 113 cm³/mol. The fourth-order valence-electron chi connectivity index (χ4n) is 3.31. The lowest BCUT2D eigenvalue weighted by molar-refractivity contribution is -0.288. The minimum absolute atomic E-state index is 0.00148. The minimum Gasteiger partial charge on any atom is -0.493 e. The lowest BCUT2D eigenvalue weighted by Crippen LogP contribution is -2.63. The lowest BCUT2D eigenvalue weighted by Gasteiger charge is -2.44. The van der Waals surface area contributed by atoms with Crippen molar-refractivity contribution in [2.24, 2.45) is 0 Å². The molecule has 13 nitrogen and oxygen atoms in total. The molecule has 0 aromatic heterocycles. The van der Waals surface area contributed by atoms with Crippen molar-refractivity contribution in [2.75, 3.05) is 13.7 Å². The first-order valence-corrected chi connectivity index (χ1v) is 10.3. The number of aromatic carboxylic acids is 1. The molecule has 1 unspecified atom stereocenters. The van der Waals surface area contributed by atoms with Gasteiger partial charge in [-0.05, 0) is 18.2 Å². The Morgan fingerprint density at radius 1 is 0.829 bits per heavy atom. The van der Waals surface area contributed by atoms with Crippen LogP contribution in [0.25, 0.3) is 0 Å². The number of methoxy groups -OCH3 is 1. The molecule has 1 aliphatic heterocycles. The van der Waals surface area contributed by atoms with E-state index in [1.165, 1.54) is 25.3 Å². The smallest absolute Gasteiger partial charge is 0.335 e. The second-order valence-electron chi connectivity index (χ2n) is 7.36. The molecule has 0 bridgehead atoms. The van der Waals surface area contributed by atoms with Crippen LogP contribution in [0.3, 0.4) is 0 Å². The fraction of sp³-hybridized carbons (Fsp3) is 0.500. The second kappa shape index (κ2) is 12.0. The quantitative estimate of drug-likeness (QED) is 0.376. The van der Waals surface area contributed by atoms with Crippen LogP contribution in [-0.2, 0) is 42.9 Å². The molecule has 1 heterocycles. The molecule has 5 atom stereocenters. The van der Waals surface area contributed by atoms with Crippen molar-refractivity contribution in [3.63, 3.8) is 0 Å². The predicted octanol–water partition coefficient (Wildman–Crippen LogP) is 0.855. The number of carbonyl (C=O) groups excluding carboxylic acids is 4. The number of carboxylic acid groups (broad SMARTS) is 1. The highest BCUT2D eigenvalue weighted by molar-refractivity contribution is 5.88. The fourth-order valence-corrected chi connectivity index (χ4v) is 3.31. The van der Waals surface area contributed by atoms with Gasteiger partial charge in [0.25, 0.3) is 0 Å². The number of ether oxygens (including phenoxy) is 7. The van der Waals surface area contributed by atoms with Gasteiger partial charge in [0.15, 0.2) is 23.7 Å². The van der Waals surface area contributed by atoms with E-state index in [0.717, 1.165) is 27.7 Å². The molecule has 1 N–H and O–H groups in total. The monoisotopic (exact) mass is 498 g/mol. The van der Waals surface area contributed by atoms with E-state index >= 15 is 0 Å². The van der Waals surface area contributed by atoms with Gasteiger partial charge in [0.2, 0.25) is 12.4 Å². The minimum atomic E-state index is -1.49. The summed E-state index contributed by atoms with van der Waals surface area (Å²) in [4.78, 5) is 58.2. The standard InChI is InChI=1S/C22H26O13/c1-10(23)30-9-17-18(31-11(2)24)19(32-12(3)25)20(33-13(4)26)22(35-17)34-15-7-6-14(21(27)28)8-16(15)29-5/h6-8,17-20,22H,9H2,1-5H3,(H,27,28)/t17-,18+,19+,20-,22?/m1/s1. The molecule has 0 radical (unpaired) electrons. The maximum atomic E-state index is 11.9. The summed E-state index contributed by atoms with van der Waals surface area (Å²) in [5, 5.41) is 9.21. The van der Waals surface area contributed by atoms with E-state index < -0.39 is 67.2 Å². The Morgan fingerprint density at radius 3 is 1.91 bits per heavy atom. The SMILES string of the molecule is COc1cc(C(=O)O)ccc1OC1O[C@H](COC(C)=O)[C@H](OC(C)=O)[C@H](OC(C)=O)[C@H]1OC(C)=O. The van der Waals surface area contributed by atoms with Gasteiger partial charge in [0.1, 0.15) is 12.7 Å². The van der Waals surface area contributed by atoms with Crippen LogP contribution in [0.15, 0.2) is 18.2 Å². The Labute approximate surface area is 200 Å². The molecule has 1 aliphatic rings. The molecule has 0 spiro atoms. The molecular weight excluding hydrogens is 472 g/mol. The molecule has 1 aromatic carbocycles. The maximum absolute atomic E-state index is 11.9. The molecule has 0 saturated carbocycles. The summed E-state index contributed by atoms with van der Waals surface area (Å²) in [6, 6.07) is 3.73. The first-order chi connectivity index (χ1) is 16.4. The van der Waals surface area contributed by atoms with E-state index in [1.807, 2.05) is 0 Å².